The van der Waals surface area contributed by atoms with Crippen LogP contribution in [0.4, 0.5) is 0 Å². The van der Waals surface area contributed by atoms with Gasteiger partial charge in [0.15, 0.2) is 0 Å². The number of nitrogens with one attached hydrogen (secondary N) is 1. The van der Waals surface area contributed by atoms with Gasteiger partial charge < -0.3 is 19.9 Å². The monoisotopic (exact) mass is 393 g/mol. The zero-order valence-electron chi connectivity index (χ0n) is 16.6. The van der Waals surface area contributed by atoms with Gasteiger partial charge in [-0.1, -0.05) is 30.3 Å². The molecule has 2 aromatic carbocycles. The van der Waals surface area contributed by atoms with Crippen molar-refractivity contribution in [1.82, 2.24) is 10.2 Å². The second kappa shape index (κ2) is 7.50. The number of H-pyrrole nitrogens is 1. The number of carbonyl (C=O) groups is 1. The second-order valence-electron chi connectivity index (χ2n) is 6.73. The molecule has 4 rings (SSSR count). The van der Waals surface area contributed by atoms with Gasteiger partial charge in [-0.2, -0.15) is 0 Å². The average molecular weight is 393 g/mol. The fourth-order valence-corrected chi connectivity index (χ4v) is 3.85. The topological polar surface area (TPSA) is 99.5 Å². The summed E-state index contributed by atoms with van der Waals surface area (Å²) in [6.45, 7) is 6.28. The predicted molar refractivity (Wildman–Crippen MR) is 109 cm³/mol. The summed E-state index contributed by atoms with van der Waals surface area (Å²) in [7, 11) is 0. The Morgan fingerprint density at radius 1 is 1.17 bits per heavy atom. The van der Waals surface area contributed by atoms with Crippen molar-refractivity contribution in [1.29, 1.82) is 0 Å². The lowest BCUT2D eigenvalue weighted by Gasteiger charge is -2.28. The summed E-state index contributed by atoms with van der Waals surface area (Å²) >= 11 is 0. The van der Waals surface area contributed by atoms with E-state index in [9.17, 15) is 4.79 Å². The van der Waals surface area contributed by atoms with Gasteiger partial charge in [-0.25, -0.2) is 4.79 Å². The van der Waals surface area contributed by atoms with E-state index in [4.69, 9.17) is 19.9 Å². The number of esters is 1. The van der Waals surface area contributed by atoms with Crippen LogP contribution in [0.15, 0.2) is 47.9 Å². The third-order valence-corrected chi connectivity index (χ3v) is 5.02. The highest BCUT2D eigenvalue weighted by Crippen LogP contribution is 2.48. The van der Waals surface area contributed by atoms with Gasteiger partial charge in [-0.05, 0) is 37.6 Å². The second-order valence-corrected chi connectivity index (χ2v) is 6.73. The number of benzene rings is 2. The maximum Gasteiger partial charge on any atom is 0.340 e. The molecule has 7 nitrogen and oxygen atoms in total. The summed E-state index contributed by atoms with van der Waals surface area (Å²) in [6, 6.07) is 11.9. The maximum absolute atomic E-state index is 12.9. The molecule has 2 heterocycles. The van der Waals surface area contributed by atoms with E-state index in [0.29, 0.717) is 18.2 Å². The van der Waals surface area contributed by atoms with Gasteiger partial charge in [0.1, 0.15) is 11.3 Å². The van der Waals surface area contributed by atoms with Crippen LogP contribution in [0, 0.1) is 6.92 Å². The molecule has 1 aliphatic heterocycles. The maximum atomic E-state index is 12.9. The first kappa shape index (κ1) is 18.9. The predicted octanol–water partition coefficient (Wildman–Crippen LogP) is 3.53. The molecule has 1 atom stereocenters. The highest BCUT2D eigenvalue weighted by Gasteiger charge is 2.40. The van der Waals surface area contributed by atoms with Crippen LogP contribution in [0.5, 0.6) is 11.6 Å². The molecule has 0 fully saturated rings. The Morgan fingerprint density at radius 2 is 1.97 bits per heavy atom. The summed E-state index contributed by atoms with van der Waals surface area (Å²) in [6.07, 6.45) is 0. The molecule has 3 N–H and O–H groups in total. The highest BCUT2D eigenvalue weighted by molar-refractivity contribution is 5.96. The number of ether oxygens (including phenoxy) is 3. The minimum absolute atomic E-state index is 0.0113. The van der Waals surface area contributed by atoms with Crippen LogP contribution in [-0.2, 0) is 9.53 Å². The molecular formula is C22H23N3O4. The van der Waals surface area contributed by atoms with Crippen molar-refractivity contribution in [3.8, 4) is 11.6 Å². The standard InChI is InChI=1S/C22H23N3O4/c1-4-27-15-11-10-13-8-6-7-9-14(13)17(15)18-16-12(3)24-25-21(16)29-20(23)19(18)22(26)28-5-2/h6-11,18H,4-5,23H2,1-3H3,(H,24,25)/t18-/m1/s1. The summed E-state index contributed by atoms with van der Waals surface area (Å²) in [4.78, 5) is 12.9. The first-order chi connectivity index (χ1) is 14.1. The number of nitrogens with zero attached hydrogens (tertiary/aromatic N) is 1. The third-order valence-electron chi connectivity index (χ3n) is 5.02. The Hall–Kier alpha value is -3.48. The van der Waals surface area contributed by atoms with Crippen LogP contribution in [0.1, 0.15) is 36.6 Å². The minimum Gasteiger partial charge on any atom is -0.494 e. The van der Waals surface area contributed by atoms with Crippen LogP contribution in [0.3, 0.4) is 0 Å². The van der Waals surface area contributed by atoms with Gasteiger partial charge in [-0.15, -0.1) is 5.10 Å². The SMILES string of the molecule is CCOC(=O)C1=C(N)Oc2n[nH]c(C)c2[C@@H]1c1c(OCC)ccc2ccccc12. The number of hydrogen-bond donors (Lipinski definition) is 2. The van der Waals surface area contributed by atoms with Crippen molar-refractivity contribution in [3.63, 3.8) is 0 Å². The molecule has 29 heavy (non-hydrogen) atoms. The van der Waals surface area contributed by atoms with Crippen molar-refractivity contribution >= 4 is 16.7 Å². The molecular weight excluding hydrogens is 370 g/mol. The quantitative estimate of drug-likeness (QED) is 0.644. The van der Waals surface area contributed by atoms with Crippen molar-refractivity contribution < 1.29 is 19.0 Å². The number of aromatic amines is 1. The first-order valence-electron chi connectivity index (χ1n) is 9.60. The molecule has 0 saturated heterocycles. The number of hydrogen-bond acceptors (Lipinski definition) is 6. The molecule has 0 bridgehead atoms. The highest BCUT2D eigenvalue weighted by atomic mass is 16.5. The minimum atomic E-state index is -0.538. The molecule has 0 saturated carbocycles. The van der Waals surface area contributed by atoms with Crippen molar-refractivity contribution in [2.75, 3.05) is 13.2 Å². The fourth-order valence-electron chi connectivity index (χ4n) is 3.85. The average Bonchev–Trinajstić information content (AvgIpc) is 3.07. The van der Waals surface area contributed by atoms with E-state index >= 15 is 0 Å². The van der Waals surface area contributed by atoms with E-state index in [0.717, 1.165) is 27.6 Å². The summed E-state index contributed by atoms with van der Waals surface area (Å²) in [5.74, 6) is -0.0312. The van der Waals surface area contributed by atoms with E-state index in [2.05, 4.69) is 10.2 Å². The molecule has 0 amide bonds. The van der Waals surface area contributed by atoms with E-state index in [1.807, 2.05) is 50.2 Å². The van der Waals surface area contributed by atoms with Gasteiger partial charge in [0.05, 0.1) is 19.1 Å². The van der Waals surface area contributed by atoms with Gasteiger partial charge in [0, 0.05) is 16.8 Å². The zero-order valence-corrected chi connectivity index (χ0v) is 16.6. The fraction of sp³-hybridized carbons (Fsp3) is 0.273. The van der Waals surface area contributed by atoms with Crippen LogP contribution in [0.25, 0.3) is 10.8 Å². The summed E-state index contributed by atoms with van der Waals surface area (Å²) in [5, 5.41) is 9.16. The largest absolute Gasteiger partial charge is 0.494 e. The summed E-state index contributed by atoms with van der Waals surface area (Å²) < 4.78 is 17.0. The molecule has 7 heteroatoms. The smallest absolute Gasteiger partial charge is 0.340 e. The Bertz CT molecular complexity index is 1120. The molecule has 1 aliphatic rings. The van der Waals surface area contributed by atoms with Crippen molar-refractivity contribution in [2.45, 2.75) is 26.7 Å². The number of nitrogens with two attached hydrogens (primary N) is 1. The van der Waals surface area contributed by atoms with Gasteiger partial charge in [0.2, 0.25) is 11.8 Å². The lowest BCUT2D eigenvalue weighted by Crippen LogP contribution is -2.28. The lowest BCUT2D eigenvalue weighted by molar-refractivity contribution is -0.139. The molecule has 0 spiro atoms. The Morgan fingerprint density at radius 3 is 2.72 bits per heavy atom. The first-order valence-corrected chi connectivity index (χ1v) is 9.60. The zero-order chi connectivity index (χ0) is 20.5. The number of fused-ring (bicyclic) bond motifs is 2. The Labute approximate surface area is 168 Å². The van der Waals surface area contributed by atoms with E-state index in [-0.39, 0.29) is 18.1 Å². The number of aromatic nitrogens is 2. The van der Waals surface area contributed by atoms with Crippen LogP contribution in [0.2, 0.25) is 0 Å². The van der Waals surface area contributed by atoms with E-state index in [1.165, 1.54) is 0 Å². The Kier molecular flexibility index (Phi) is 4.88. The molecule has 0 radical (unpaired) electrons. The number of carbonyl (C=O) groups excluding carboxylic acids is 1. The molecule has 150 valence electrons. The van der Waals surface area contributed by atoms with Gasteiger partial charge >= 0.3 is 5.97 Å². The number of aryl methyl sites for hydroxylation is 1. The normalized spacial score (nSPS) is 15.8. The molecule has 3 aromatic rings. The molecule has 0 unspecified atom stereocenters. The van der Waals surface area contributed by atoms with Crippen LogP contribution in [-0.4, -0.2) is 29.4 Å². The van der Waals surface area contributed by atoms with E-state index in [1.54, 1.807) is 6.92 Å². The van der Waals surface area contributed by atoms with Gasteiger partial charge in [-0.3, -0.25) is 5.10 Å². The van der Waals surface area contributed by atoms with Crippen LogP contribution >= 0.6 is 0 Å². The number of rotatable bonds is 5. The molecule has 0 aliphatic carbocycles. The molecule has 1 aromatic heterocycles. The lowest BCUT2D eigenvalue weighted by atomic mass is 9.80. The van der Waals surface area contributed by atoms with Gasteiger partial charge in [0.25, 0.3) is 0 Å². The van der Waals surface area contributed by atoms with Crippen LogP contribution < -0.4 is 15.2 Å². The van der Waals surface area contributed by atoms with E-state index < -0.39 is 11.9 Å². The van der Waals surface area contributed by atoms with Crippen molar-refractivity contribution in [3.05, 3.63) is 64.7 Å². The van der Waals surface area contributed by atoms with Crippen molar-refractivity contribution in [2.24, 2.45) is 5.73 Å². The summed E-state index contributed by atoms with van der Waals surface area (Å²) in [5.41, 5.74) is 8.82. The Balaban J connectivity index is 2.06. The third kappa shape index (κ3) is 3.08.